The number of hydrogen-bond acceptors (Lipinski definition) is 0. The zero-order chi connectivity index (χ0) is 14.2. The molecule has 100 valence electrons. The molecule has 2 aromatic rings. The van der Waals surface area contributed by atoms with Gasteiger partial charge in [-0.1, -0.05) is 35.4 Å². The second kappa shape index (κ2) is 5.52. The van der Waals surface area contributed by atoms with Crippen molar-refractivity contribution in [1.82, 2.24) is 0 Å². The summed E-state index contributed by atoms with van der Waals surface area (Å²) >= 11 is 12.2. The summed E-state index contributed by atoms with van der Waals surface area (Å²) in [7, 11) is 0. The molecular formula is C16H15Cl2F. The van der Waals surface area contributed by atoms with Gasteiger partial charge in [-0.3, -0.25) is 0 Å². The maximum absolute atomic E-state index is 14.0. The van der Waals surface area contributed by atoms with Crippen molar-refractivity contribution in [1.29, 1.82) is 0 Å². The van der Waals surface area contributed by atoms with E-state index in [1.165, 1.54) is 11.6 Å². The lowest BCUT2D eigenvalue weighted by atomic mass is 9.93. The van der Waals surface area contributed by atoms with Crippen molar-refractivity contribution in [3.05, 3.63) is 69.0 Å². The van der Waals surface area contributed by atoms with E-state index in [0.717, 1.165) is 16.7 Å². The molecule has 0 amide bonds. The molecule has 0 aliphatic rings. The van der Waals surface area contributed by atoms with Gasteiger partial charge >= 0.3 is 0 Å². The zero-order valence-corrected chi connectivity index (χ0v) is 12.6. The van der Waals surface area contributed by atoms with Crippen molar-refractivity contribution >= 4 is 23.2 Å². The molecule has 0 fully saturated rings. The highest BCUT2D eigenvalue weighted by Gasteiger charge is 2.19. The van der Waals surface area contributed by atoms with Gasteiger partial charge in [0.25, 0.3) is 0 Å². The van der Waals surface area contributed by atoms with Crippen molar-refractivity contribution in [2.75, 3.05) is 0 Å². The van der Waals surface area contributed by atoms with Gasteiger partial charge in [-0.15, -0.1) is 11.6 Å². The molecular weight excluding hydrogens is 282 g/mol. The number of alkyl halides is 1. The van der Waals surface area contributed by atoms with E-state index in [1.807, 2.05) is 20.8 Å². The van der Waals surface area contributed by atoms with Gasteiger partial charge in [0, 0.05) is 10.6 Å². The molecule has 0 N–H and O–H groups in total. The summed E-state index contributed by atoms with van der Waals surface area (Å²) in [5, 5.41) is -0.125. The van der Waals surface area contributed by atoms with Crippen LogP contribution in [0.3, 0.4) is 0 Å². The zero-order valence-electron chi connectivity index (χ0n) is 11.1. The summed E-state index contributed by atoms with van der Waals surface area (Å²) in [5.41, 5.74) is 4.76. The molecule has 0 bridgehead atoms. The van der Waals surface area contributed by atoms with Crippen LogP contribution in [-0.2, 0) is 0 Å². The summed E-state index contributed by atoms with van der Waals surface area (Å²) < 4.78 is 14.0. The molecule has 3 heteroatoms. The largest absolute Gasteiger partial charge is 0.207 e. The Hall–Kier alpha value is -1.05. The van der Waals surface area contributed by atoms with Crippen LogP contribution in [0.4, 0.5) is 4.39 Å². The van der Waals surface area contributed by atoms with Crippen LogP contribution in [0.15, 0.2) is 30.3 Å². The van der Waals surface area contributed by atoms with Gasteiger partial charge < -0.3 is 0 Å². The minimum Gasteiger partial charge on any atom is -0.207 e. The van der Waals surface area contributed by atoms with Crippen LogP contribution in [0, 0.1) is 26.6 Å². The fourth-order valence-electron chi connectivity index (χ4n) is 2.45. The number of aryl methyl sites for hydroxylation is 3. The van der Waals surface area contributed by atoms with E-state index >= 15 is 0 Å². The van der Waals surface area contributed by atoms with Crippen LogP contribution in [0.25, 0.3) is 0 Å². The molecule has 0 spiro atoms. The van der Waals surface area contributed by atoms with E-state index in [0.29, 0.717) is 10.6 Å². The average molecular weight is 297 g/mol. The molecule has 0 aliphatic carbocycles. The first-order chi connectivity index (χ1) is 8.90. The first kappa shape index (κ1) is 14.4. The van der Waals surface area contributed by atoms with Gasteiger partial charge in [-0.05, 0) is 49.6 Å². The summed E-state index contributed by atoms with van der Waals surface area (Å²) in [5.74, 6) is -0.369. The smallest absolute Gasteiger partial charge is 0.129 e. The highest BCUT2D eigenvalue weighted by Crippen LogP contribution is 2.35. The summed E-state index contributed by atoms with van der Waals surface area (Å²) in [6.07, 6.45) is 0. The first-order valence-corrected chi connectivity index (χ1v) is 6.88. The van der Waals surface area contributed by atoms with Crippen molar-refractivity contribution in [3.63, 3.8) is 0 Å². The highest BCUT2D eigenvalue weighted by atomic mass is 35.5. The Bertz CT molecular complexity index is 597. The van der Waals surface area contributed by atoms with Crippen LogP contribution in [0.5, 0.6) is 0 Å². The van der Waals surface area contributed by atoms with E-state index in [9.17, 15) is 4.39 Å². The number of benzene rings is 2. The Balaban J connectivity index is 2.53. The molecule has 0 aromatic heterocycles. The van der Waals surface area contributed by atoms with Crippen LogP contribution in [0.2, 0.25) is 5.02 Å². The number of hydrogen-bond donors (Lipinski definition) is 0. The Kier molecular flexibility index (Phi) is 4.17. The van der Waals surface area contributed by atoms with Crippen molar-refractivity contribution in [2.45, 2.75) is 26.1 Å². The summed E-state index contributed by atoms with van der Waals surface area (Å²) in [6.45, 7) is 6.03. The van der Waals surface area contributed by atoms with Gasteiger partial charge in [0.2, 0.25) is 0 Å². The van der Waals surface area contributed by atoms with E-state index < -0.39 is 5.38 Å². The molecule has 0 aliphatic heterocycles. The SMILES string of the molecule is Cc1cc(C)c(C(Cl)c2ccc(Cl)cc2F)c(C)c1. The topological polar surface area (TPSA) is 0 Å². The third-order valence-corrected chi connectivity index (χ3v) is 3.92. The summed E-state index contributed by atoms with van der Waals surface area (Å²) in [4.78, 5) is 0. The Morgan fingerprint density at radius 1 is 1.00 bits per heavy atom. The molecule has 0 heterocycles. The normalized spacial score (nSPS) is 12.5. The van der Waals surface area contributed by atoms with Gasteiger partial charge in [0.05, 0.1) is 5.38 Å². The Morgan fingerprint density at radius 2 is 1.58 bits per heavy atom. The minimum absolute atomic E-state index is 0.369. The predicted octanol–water partition coefficient (Wildman–Crippen LogP) is 5.73. The average Bonchev–Trinajstić information content (AvgIpc) is 2.26. The second-order valence-electron chi connectivity index (χ2n) is 4.84. The van der Waals surface area contributed by atoms with Crippen molar-refractivity contribution < 1.29 is 4.39 Å². The maximum Gasteiger partial charge on any atom is 0.129 e. The summed E-state index contributed by atoms with van der Waals surface area (Å²) in [6, 6.07) is 8.73. The first-order valence-electron chi connectivity index (χ1n) is 6.07. The third-order valence-electron chi connectivity index (χ3n) is 3.23. The molecule has 0 saturated heterocycles. The van der Waals surface area contributed by atoms with Gasteiger partial charge in [-0.25, -0.2) is 4.39 Å². The molecule has 0 saturated carbocycles. The molecule has 1 atom stereocenters. The predicted molar refractivity (Wildman–Crippen MR) is 79.8 cm³/mol. The van der Waals surface area contributed by atoms with Crippen LogP contribution in [0.1, 0.15) is 33.2 Å². The minimum atomic E-state index is -0.502. The van der Waals surface area contributed by atoms with Crippen LogP contribution >= 0.6 is 23.2 Å². The highest BCUT2D eigenvalue weighted by molar-refractivity contribution is 6.30. The van der Waals surface area contributed by atoms with Gasteiger partial charge in [-0.2, -0.15) is 0 Å². The molecule has 2 rings (SSSR count). The lowest BCUT2D eigenvalue weighted by molar-refractivity contribution is 0.612. The second-order valence-corrected chi connectivity index (χ2v) is 5.71. The quantitative estimate of drug-likeness (QED) is 0.621. The van der Waals surface area contributed by atoms with E-state index in [4.69, 9.17) is 23.2 Å². The van der Waals surface area contributed by atoms with Gasteiger partial charge in [0.1, 0.15) is 5.82 Å². The molecule has 2 aromatic carbocycles. The maximum atomic E-state index is 14.0. The third kappa shape index (κ3) is 2.93. The lowest BCUT2D eigenvalue weighted by Gasteiger charge is -2.18. The van der Waals surface area contributed by atoms with Crippen molar-refractivity contribution in [3.8, 4) is 0 Å². The standard InChI is InChI=1S/C16H15Cl2F/c1-9-6-10(2)15(11(3)7-9)16(18)13-5-4-12(17)8-14(13)19/h4-8,16H,1-3H3. The lowest BCUT2D eigenvalue weighted by Crippen LogP contribution is -2.02. The fraction of sp³-hybridized carbons (Fsp3) is 0.250. The van der Waals surface area contributed by atoms with Crippen molar-refractivity contribution in [2.24, 2.45) is 0 Å². The molecule has 19 heavy (non-hydrogen) atoms. The van der Waals surface area contributed by atoms with E-state index in [1.54, 1.807) is 12.1 Å². The number of rotatable bonds is 2. The van der Waals surface area contributed by atoms with Gasteiger partial charge in [0.15, 0.2) is 0 Å². The molecule has 1 unspecified atom stereocenters. The Labute approximate surface area is 123 Å². The Morgan fingerprint density at radius 3 is 2.11 bits per heavy atom. The van der Waals surface area contributed by atoms with E-state index in [2.05, 4.69) is 12.1 Å². The molecule has 0 nitrogen and oxygen atoms in total. The monoisotopic (exact) mass is 296 g/mol. The number of halogens is 3. The van der Waals surface area contributed by atoms with Crippen LogP contribution < -0.4 is 0 Å². The fourth-order valence-corrected chi connectivity index (χ4v) is 3.13. The van der Waals surface area contributed by atoms with E-state index in [-0.39, 0.29) is 5.82 Å². The van der Waals surface area contributed by atoms with Crippen LogP contribution in [-0.4, -0.2) is 0 Å². The molecule has 0 radical (unpaired) electrons.